The van der Waals surface area contributed by atoms with E-state index in [4.69, 9.17) is 9.47 Å². The molecule has 0 atom stereocenters. The molecular formula is C18H26N4O3Si. The molecule has 1 aliphatic carbocycles. The largest absolute Gasteiger partial charge is 0.464 e. The molecule has 140 valence electrons. The van der Waals surface area contributed by atoms with E-state index in [0.29, 0.717) is 18.2 Å². The smallest absolute Gasteiger partial charge is 0.356 e. The van der Waals surface area contributed by atoms with E-state index in [1.165, 1.54) is 7.11 Å². The van der Waals surface area contributed by atoms with Crippen LogP contribution in [0.3, 0.4) is 0 Å². The van der Waals surface area contributed by atoms with E-state index in [0.717, 1.165) is 35.7 Å². The van der Waals surface area contributed by atoms with E-state index in [1.54, 1.807) is 17.1 Å². The lowest BCUT2D eigenvalue weighted by molar-refractivity contribution is 0.0516. The van der Waals surface area contributed by atoms with Gasteiger partial charge in [-0.25, -0.2) is 9.48 Å². The third-order valence-corrected chi connectivity index (χ3v) is 6.13. The van der Waals surface area contributed by atoms with E-state index >= 15 is 0 Å². The number of rotatable bonds is 8. The topological polar surface area (TPSA) is 79.1 Å². The standard InChI is InChI=1S/C18H26N4O3Si/c1-24-18(23)17-15(13-5-6-13)16(14-7-8-19-20-11-14)21-22(17)12-25-9-10-26(2,3)4/h7-8,11,13H,5-6,9-10,12H2,1-4H3. The van der Waals surface area contributed by atoms with Gasteiger partial charge in [-0.15, -0.1) is 0 Å². The van der Waals surface area contributed by atoms with Crippen molar-refractivity contribution in [1.29, 1.82) is 0 Å². The van der Waals surface area contributed by atoms with Gasteiger partial charge in [-0.3, -0.25) is 0 Å². The Kier molecular flexibility index (Phi) is 5.52. The van der Waals surface area contributed by atoms with Crippen molar-refractivity contribution in [2.24, 2.45) is 0 Å². The van der Waals surface area contributed by atoms with Crippen LogP contribution in [0.25, 0.3) is 11.3 Å². The summed E-state index contributed by atoms with van der Waals surface area (Å²) < 4.78 is 12.5. The third kappa shape index (κ3) is 4.36. The zero-order valence-corrected chi connectivity index (χ0v) is 16.9. The highest BCUT2D eigenvalue weighted by molar-refractivity contribution is 6.76. The van der Waals surface area contributed by atoms with Crippen LogP contribution < -0.4 is 0 Å². The Bertz CT molecular complexity index is 767. The minimum absolute atomic E-state index is 0.243. The molecule has 0 unspecified atom stereocenters. The van der Waals surface area contributed by atoms with Gasteiger partial charge in [0.2, 0.25) is 0 Å². The van der Waals surface area contributed by atoms with Gasteiger partial charge in [0, 0.05) is 25.8 Å². The molecule has 1 aliphatic rings. The van der Waals surface area contributed by atoms with Gasteiger partial charge in [-0.2, -0.15) is 15.3 Å². The summed E-state index contributed by atoms with van der Waals surface area (Å²) in [7, 11) is 0.233. The molecule has 8 heteroatoms. The number of aromatic nitrogens is 4. The fourth-order valence-electron chi connectivity index (χ4n) is 2.81. The van der Waals surface area contributed by atoms with E-state index < -0.39 is 8.07 Å². The maximum Gasteiger partial charge on any atom is 0.356 e. The second-order valence-electron chi connectivity index (χ2n) is 7.86. The maximum atomic E-state index is 12.5. The fraction of sp³-hybridized carbons (Fsp3) is 0.556. The molecule has 7 nitrogen and oxygen atoms in total. The second-order valence-corrected chi connectivity index (χ2v) is 13.5. The zero-order chi connectivity index (χ0) is 18.7. The van der Waals surface area contributed by atoms with Crippen LogP contribution in [0.5, 0.6) is 0 Å². The summed E-state index contributed by atoms with van der Waals surface area (Å²) in [5.41, 5.74) is 3.07. The summed E-state index contributed by atoms with van der Waals surface area (Å²) in [6, 6.07) is 2.93. The van der Waals surface area contributed by atoms with Crippen LogP contribution in [-0.4, -0.2) is 47.7 Å². The van der Waals surface area contributed by atoms with Crippen molar-refractivity contribution in [2.45, 2.75) is 51.2 Å². The van der Waals surface area contributed by atoms with Crippen LogP contribution >= 0.6 is 0 Å². The molecule has 1 saturated carbocycles. The first-order chi connectivity index (χ1) is 12.4. The highest BCUT2D eigenvalue weighted by atomic mass is 28.3. The molecule has 0 spiro atoms. The lowest BCUT2D eigenvalue weighted by Gasteiger charge is -2.15. The molecule has 0 bridgehead atoms. The Labute approximate surface area is 154 Å². The molecule has 0 saturated heterocycles. The Hall–Kier alpha value is -2.06. The molecule has 3 rings (SSSR count). The van der Waals surface area contributed by atoms with Gasteiger partial charge in [-0.05, 0) is 30.9 Å². The molecule has 0 N–H and O–H groups in total. The Balaban J connectivity index is 1.91. The van der Waals surface area contributed by atoms with E-state index in [2.05, 4.69) is 34.9 Å². The molecule has 26 heavy (non-hydrogen) atoms. The molecule has 0 aliphatic heterocycles. The lowest BCUT2D eigenvalue weighted by Crippen LogP contribution is -2.22. The molecule has 0 amide bonds. The van der Waals surface area contributed by atoms with Crippen LogP contribution in [0.15, 0.2) is 18.5 Å². The number of carbonyl (C=O) groups is 1. The molecule has 1 fully saturated rings. The van der Waals surface area contributed by atoms with Crippen molar-refractivity contribution in [2.75, 3.05) is 13.7 Å². The zero-order valence-electron chi connectivity index (χ0n) is 15.9. The summed E-state index contributed by atoms with van der Waals surface area (Å²) in [4.78, 5) is 12.5. The predicted molar refractivity (Wildman–Crippen MR) is 101 cm³/mol. The summed E-state index contributed by atoms with van der Waals surface area (Å²) in [5, 5.41) is 12.5. The number of hydrogen-bond acceptors (Lipinski definition) is 6. The molecule has 2 aromatic rings. The minimum Gasteiger partial charge on any atom is -0.464 e. The average Bonchev–Trinajstić information content (AvgIpc) is 3.38. The number of hydrogen-bond donors (Lipinski definition) is 0. The summed E-state index contributed by atoms with van der Waals surface area (Å²) in [5.74, 6) is -0.0375. The van der Waals surface area contributed by atoms with Crippen molar-refractivity contribution in [3.63, 3.8) is 0 Å². The highest BCUT2D eigenvalue weighted by Gasteiger charge is 2.36. The van der Waals surface area contributed by atoms with E-state index in [9.17, 15) is 4.79 Å². The molecule has 0 radical (unpaired) electrons. The van der Waals surface area contributed by atoms with Crippen molar-refractivity contribution in [1.82, 2.24) is 20.0 Å². The monoisotopic (exact) mass is 374 g/mol. The van der Waals surface area contributed by atoms with E-state index in [1.807, 2.05) is 6.07 Å². The van der Waals surface area contributed by atoms with Gasteiger partial charge in [-0.1, -0.05) is 19.6 Å². The number of ether oxygens (including phenoxy) is 2. The minimum atomic E-state index is -1.17. The van der Waals surface area contributed by atoms with Crippen LogP contribution in [0.4, 0.5) is 0 Å². The number of esters is 1. The maximum absolute atomic E-state index is 12.5. The quantitative estimate of drug-likeness (QED) is 0.401. The van der Waals surface area contributed by atoms with Gasteiger partial charge in [0.15, 0.2) is 5.69 Å². The van der Waals surface area contributed by atoms with Crippen molar-refractivity contribution in [3.05, 3.63) is 29.7 Å². The summed E-state index contributed by atoms with van der Waals surface area (Å²) in [6.07, 6.45) is 5.41. The van der Waals surface area contributed by atoms with Crippen LogP contribution in [0.2, 0.25) is 25.7 Å². The fourth-order valence-corrected chi connectivity index (χ4v) is 3.57. The van der Waals surface area contributed by atoms with Crippen LogP contribution in [0, 0.1) is 0 Å². The average molecular weight is 375 g/mol. The van der Waals surface area contributed by atoms with Gasteiger partial charge < -0.3 is 9.47 Å². The predicted octanol–water partition coefficient (Wildman–Crippen LogP) is 3.32. The van der Waals surface area contributed by atoms with Gasteiger partial charge in [0.1, 0.15) is 6.73 Å². The summed E-state index contributed by atoms with van der Waals surface area (Å²) in [6.45, 7) is 7.84. The molecular weight excluding hydrogens is 348 g/mol. The number of nitrogens with zero attached hydrogens (tertiary/aromatic N) is 4. The van der Waals surface area contributed by atoms with Crippen LogP contribution in [-0.2, 0) is 16.2 Å². The third-order valence-electron chi connectivity index (χ3n) is 4.42. The SMILES string of the molecule is COC(=O)c1c(C2CC2)c(-c2ccnnc2)nn1COCC[Si](C)(C)C. The molecule has 0 aromatic carbocycles. The van der Waals surface area contributed by atoms with E-state index in [-0.39, 0.29) is 12.7 Å². The number of methoxy groups -OCH3 is 1. The Morgan fingerprint density at radius 1 is 1.31 bits per heavy atom. The first-order valence-corrected chi connectivity index (χ1v) is 12.7. The molecule has 2 aromatic heterocycles. The van der Waals surface area contributed by atoms with Crippen molar-refractivity contribution >= 4 is 14.0 Å². The van der Waals surface area contributed by atoms with Crippen LogP contribution in [0.1, 0.15) is 34.8 Å². The summed E-state index contributed by atoms with van der Waals surface area (Å²) >= 11 is 0. The molecule has 2 heterocycles. The number of carbonyl (C=O) groups excluding carboxylic acids is 1. The van der Waals surface area contributed by atoms with Gasteiger partial charge >= 0.3 is 5.97 Å². The second kappa shape index (κ2) is 7.67. The normalized spacial score (nSPS) is 14.5. The first-order valence-electron chi connectivity index (χ1n) is 8.94. The first kappa shape index (κ1) is 18.7. The lowest BCUT2D eigenvalue weighted by atomic mass is 10.0. The van der Waals surface area contributed by atoms with Gasteiger partial charge in [0.05, 0.1) is 25.2 Å². The Morgan fingerprint density at radius 3 is 2.65 bits per heavy atom. The van der Waals surface area contributed by atoms with Gasteiger partial charge in [0.25, 0.3) is 0 Å². The highest BCUT2D eigenvalue weighted by Crippen LogP contribution is 2.46. The van der Waals surface area contributed by atoms with Crippen molar-refractivity contribution in [3.8, 4) is 11.3 Å². The Morgan fingerprint density at radius 2 is 2.08 bits per heavy atom. The van der Waals surface area contributed by atoms with Crippen molar-refractivity contribution < 1.29 is 14.3 Å².